The Morgan fingerprint density at radius 3 is 1.50 bits per heavy atom. The molecule has 3 aliphatic rings. The van der Waals surface area contributed by atoms with Crippen LogP contribution in [-0.2, 0) is 27.6 Å². The molecule has 8 N–H and O–H groups in total. The van der Waals surface area contributed by atoms with Gasteiger partial charge in [0.15, 0.2) is 0 Å². The topological polar surface area (TPSA) is 255 Å². The van der Waals surface area contributed by atoms with Gasteiger partial charge in [0.25, 0.3) is 0 Å². The van der Waals surface area contributed by atoms with E-state index < -0.39 is 29.9 Å². The van der Waals surface area contributed by atoms with Gasteiger partial charge >= 0.3 is 0 Å². The van der Waals surface area contributed by atoms with Crippen LogP contribution in [0.4, 0.5) is 0 Å². The van der Waals surface area contributed by atoms with E-state index in [1.165, 1.54) is 58.0 Å². The highest BCUT2D eigenvalue weighted by Gasteiger charge is 2.28. The average Bonchev–Trinajstić information content (AvgIpc) is 4.13. The number of thiazole rings is 3. The third kappa shape index (κ3) is 10.3. The minimum absolute atomic E-state index is 0.0165. The lowest BCUT2D eigenvalue weighted by Gasteiger charge is -2.05. The van der Waals surface area contributed by atoms with Gasteiger partial charge in [0.05, 0.1) is 37.3 Å². The fourth-order valence-electron chi connectivity index (χ4n) is 5.90. The van der Waals surface area contributed by atoms with Gasteiger partial charge < -0.3 is 32.2 Å². The molecule has 15 nitrogen and oxygen atoms in total. The Bertz CT molecular complexity index is 2910. The van der Waals surface area contributed by atoms with Crippen molar-refractivity contribution < 1.29 is 29.3 Å². The number of hydrogen-bond donors (Lipinski definition) is 5. The van der Waals surface area contributed by atoms with Gasteiger partial charge in [-0.25, -0.2) is 15.0 Å². The second kappa shape index (κ2) is 19.3. The maximum Gasteiger partial charge on any atom is 0.243 e. The Labute approximate surface area is 378 Å². The van der Waals surface area contributed by atoms with Crippen LogP contribution in [0.15, 0.2) is 99.9 Å². The van der Waals surface area contributed by atoms with E-state index in [9.17, 15) is 19.5 Å². The van der Waals surface area contributed by atoms with Gasteiger partial charge in [-0.2, -0.15) is 0 Å². The number of carbonyl (C=O) groups excluding carboxylic acids is 3. The van der Waals surface area contributed by atoms with Gasteiger partial charge in [-0.05, 0) is 59.7 Å². The van der Waals surface area contributed by atoms with Crippen molar-refractivity contribution >= 4 is 133 Å². The summed E-state index contributed by atoms with van der Waals surface area (Å²) in [6, 6.07) is 25.2. The van der Waals surface area contributed by atoms with Gasteiger partial charge in [-0.15, -0.1) is 69.3 Å². The Balaban J connectivity index is 0.000000130. The molecule has 7 aromatic rings. The van der Waals surface area contributed by atoms with Crippen molar-refractivity contribution in [1.29, 1.82) is 0 Å². The lowest BCUT2D eigenvalue weighted by Crippen LogP contribution is -2.26. The number of nitrogens with zero attached hydrogens (tertiary/aromatic N) is 6. The number of aromatic nitrogens is 3. The number of rotatable bonds is 10. The van der Waals surface area contributed by atoms with Crippen LogP contribution >= 0.6 is 69.3 Å². The summed E-state index contributed by atoms with van der Waals surface area (Å²) in [5.41, 5.74) is 20.4. The molecule has 3 aliphatic heterocycles. The van der Waals surface area contributed by atoms with Crippen molar-refractivity contribution in [3.8, 4) is 11.5 Å². The van der Waals surface area contributed by atoms with Gasteiger partial charge in [0.1, 0.15) is 66.4 Å². The molecule has 3 amide bonds. The molecule has 10 rings (SSSR count). The summed E-state index contributed by atoms with van der Waals surface area (Å²) in [7, 11) is 0. The Kier molecular flexibility index (Phi) is 13.5. The summed E-state index contributed by atoms with van der Waals surface area (Å²) in [4.78, 5) is 59.9. The van der Waals surface area contributed by atoms with Crippen LogP contribution in [0.5, 0.6) is 11.5 Å². The number of amides is 3. The van der Waals surface area contributed by atoms with Gasteiger partial charge in [-0.1, -0.05) is 36.4 Å². The lowest BCUT2D eigenvalue weighted by atomic mass is 10.2. The number of nitrogens with two attached hydrogens (primary N) is 3. The molecule has 316 valence electrons. The monoisotopic (exact) mass is 941 g/mol. The maximum atomic E-state index is 11.3. The first-order valence-corrected chi connectivity index (χ1v) is 24.1. The smallest absolute Gasteiger partial charge is 0.243 e. The number of aromatic hydroxyl groups is 1. The van der Waals surface area contributed by atoms with Crippen molar-refractivity contribution in [2.24, 2.45) is 32.2 Å². The molecule has 0 saturated heterocycles. The quantitative estimate of drug-likeness (QED) is 0.111. The summed E-state index contributed by atoms with van der Waals surface area (Å²) in [5, 5.41) is 23.2. The summed E-state index contributed by atoms with van der Waals surface area (Å²) in [6.45, 7) is 0.545. The molecular formula is C41H35N9O6S6. The van der Waals surface area contributed by atoms with Crippen LogP contribution in [0, 0.1) is 0 Å². The molecule has 0 unspecified atom stereocenters. The van der Waals surface area contributed by atoms with E-state index in [0.717, 1.165) is 77.7 Å². The van der Waals surface area contributed by atoms with Crippen molar-refractivity contribution in [3.05, 3.63) is 111 Å². The zero-order valence-electron chi connectivity index (χ0n) is 32.2. The standard InChI is InChI=1S/C18H15N3O2S2.C12H11N3O2S2.C11H9N3O2S2/c19-16(22)14-10-24-17(21-14)18-20-13-7-6-12(8-15(13)25-18)23-9-11-4-2-1-3-5-11;13-10(17)8-5-18-11(15-8)12-14-7-2-1-6(4-16)3-9(7)19-12;12-9(16)7-4-17-10(14-7)11-13-6-2-1-5(15)3-8(6)18-11/h1-8,14H,9-10H2,(H2,19,22);1-3,8,16H,4-5H2,(H2,13,17);1-3,7,15H,4H2,(H2,12,16)/t14-;8-;7-/m111/s1. The zero-order chi connectivity index (χ0) is 43.3. The highest BCUT2D eigenvalue weighted by atomic mass is 32.2. The first kappa shape index (κ1) is 43.2. The van der Waals surface area contributed by atoms with E-state index in [4.69, 9.17) is 27.0 Å². The predicted molar refractivity (Wildman–Crippen MR) is 253 cm³/mol. The molecule has 3 atom stereocenters. The number of carbonyl (C=O) groups is 3. The molecule has 62 heavy (non-hydrogen) atoms. The predicted octanol–water partition coefficient (Wildman–Crippen LogP) is 5.71. The number of phenols is 1. The number of aliphatic hydroxyl groups is 1. The lowest BCUT2D eigenvalue weighted by molar-refractivity contribution is -0.119. The first-order valence-electron chi connectivity index (χ1n) is 18.7. The van der Waals surface area contributed by atoms with Crippen LogP contribution in [0.3, 0.4) is 0 Å². The molecule has 6 heterocycles. The summed E-state index contributed by atoms with van der Waals surface area (Å²) in [6.07, 6.45) is 0. The first-order chi connectivity index (χ1) is 30.0. The number of thioether (sulfide) groups is 3. The number of primary amides is 3. The number of aliphatic hydroxyl groups excluding tert-OH is 1. The SMILES string of the molecule is NC(=O)[C@H]1CSC(c2nc3ccc(CO)cc3s2)=N1.NC(=O)[C@H]1CSC(c2nc3ccc(O)cc3s2)=N1.NC(=O)[C@H]1CSC(c2nc3ccc(OCc4ccccc4)cc3s2)=N1. The molecule has 4 aromatic carbocycles. The second-order valence-electron chi connectivity index (χ2n) is 13.6. The Morgan fingerprint density at radius 1 is 0.581 bits per heavy atom. The Morgan fingerprint density at radius 2 is 1.03 bits per heavy atom. The van der Waals surface area contributed by atoms with E-state index in [1.807, 2.05) is 66.7 Å². The van der Waals surface area contributed by atoms with Crippen molar-refractivity contribution in [2.45, 2.75) is 31.3 Å². The zero-order valence-corrected chi connectivity index (χ0v) is 37.1. The fourth-order valence-corrected chi connectivity index (χ4v) is 12.3. The maximum absolute atomic E-state index is 11.3. The van der Waals surface area contributed by atoms with E-state index >= 15 is 0 Å². The van der Waals surface area contributed by atoms with Crippen LogP contribution < -0.4 is 21.9 Å². The molecular weight excluding hydrogens is 907 g/mol. The van der Waals surface area contributed by atoms with E-state index in [-0.39, 0.29) is 18.3 Å². The second-order valence-corrected chi connectivity index (χ2v) is 19.7. The minimum atomic E-state index is -0.453. The molecule has 3 aromatic heterocycles. The van der Waals surface area contributed by atoms with Gasteiger partial charge in [0, 0.05) is 17.3 Å². The fraction of sp³-hybridized carbons (Fsp3) is 0.195. The molecule has 0 bridgehead atoms. The summed E-state index contributed by atoms with van der Waals surface area (Å²) >= 11 is 9.02. The number of phenolic OH excluding ortho intramolecular Hbond substituents is 1. The molecule has 0 saturated carbocycles. The minimum Gasteiger partial charge on any atom is -0.508 e. The van der Waals surface area contributed by atoms with Gasteiger partial charge in [0.2, 0.25) is 17.7 Å². The van der Waals surface area contributed by atoms with Gasteiger partial charge in [-0.3, -0.25) is 29.4 Å². The van der Waals surface area contributed by atoms with Crippen LogP contribution in [0.1, 0.15) is 26.1 Å². The van der Waals surface area contributed by atoms with Crippen LogP contribution in [0.2, 0.25) is 0 Å². The third-order valence-electron chi connectivity index (χ3n) is 9.10. The normalized spacial score (nSPS) is 18.1. The molecule has 0 radical (unpaired) electrons. The molecule has 0 fully saturated rings. The van der Waals surface area contributed by atoms with E-state index in [0.29, 0.717) is 23.9 Å². The van der Waals surface area contributed by atoms with E-state index in [1.54, 1.807) is 29.5 Å². The number of benzene rings is 4. The molecule has 21 heteroatoms. The number of fused-ring (bicyclic) bond motifs is 3. The number of hydrogen-bond acceptors (Lipinski definition) is 18. The summed E-state index contributed by atoms with van der Waals surface area (Å²) in [5.74, 6) is 1.58. The average molecular weight is 942 g/mol. The Hall–Kier alpha value is -5.42. The van der Waals surface area contributed by atoms with E-state index in [2.05, 4.69) is 29.9 Å². The van der Waals surface area contributed by atoms with Crippen molar-refractivity contribution in [1.82, 2.24) is 15.0 Å². The molecule has 0 spiro atoms. The van der Waals surface area contributed by atoms with Crippen molar-refractivity contribution in [3.63, 3.8) is 0 Å². The van der Waals surface area contributed by atoms with Crippen LogP contribution in [0.25, 0.3) is 30.6 Å². The number of ether oxygens (including phenoxy) is 1. The highest BCUT2D eigenvalue weighted by Crippen LogP contribution is 2.34. The number of aliphatic imine (C=N–C) groups is 3. The summed E-state index contributed by atoms with van der Waals surface area (Å²) < 4.78 is 8.81. The highest BCUT2D eigenvalue weighted by molar-refractivity contribution is 8.15. The molecule has 0 aliphatic carbocycles. The third-order valence-corrected chi connectivity index (χ3v) is 15.7. The van der Waals surface area contributed by atoms with Crippen molar-refractivity contribution in [2.75, 3.05) is 17.3 Å². The largest absolute Gasteiger partial charge is 0.508 e. The van der Waals surface area contributed by atoms with Crippen LogP contribution in [-0.4, -0.2) is 93.4 Å².